The minimum atomic E-state index is -3.49. The van der Waals surface area contributed by atoms with Gasteiger partial charge in [-0.2, -0.15) is 5.11 Å². The van der Waals surface area contributed by atoms with Crippen LogP contribution in [0.1, 0.15) is 15.9 Å². The molecule has 0 fully saturated rings. The molecule has 0 unspecified atom stereocenters. The molecule has 1 amide bonds. The molecule has 8 nitrogen and oxygen atoms in total. The summed E-state index contributed by atoms with van der Waals surface area (Å²) < 4.78 is 24.6. The normalized spacial score (nSPS) is 13.6. The third kappa shape index (κ3) is 4.93. The number of nitrogens with one attached hydrogen (secondary N) is 1. The Morgan fingerprint density at radius 1 is 1.14 bits per heavy atom. The third-order valence-corrected chi connectivity index (χ3v) is 5.54. The monoisotopic (exact) mass is 413 g/mol. The fourth-order valence-corrected chi connectivity index (χ4v) is 3.86. The van der Waals surface area contributed by atoms with Gasteiger partial charge in [0.15, 0.2) is 22.3 Å². The molecule has 0 saturated carbocycles. The Labute approximate surface area is 170 Å². The lowest BCUT2D eigenvalue weighted by Crippen LogP contribution is -2.31. The summed E-state index contributed by atoms with van der Waals surface area (Å²) in [5.41, 5.74) is 2.40. The quantitative estimate of drug-likeness (QED) is 0.751. The van der Waals surface area contributed by atoms with Crippen molar-refractivity contribution in [2.45, 2.75) is 4.90 Å². The first-order valence-electron chi connectivity index (χ1n) is 9.06. The zero-order valence-corrected chi connectivity index (χ0v) is 17.4. The van der Waals surface area contributed by atoms with Crippen LogP contribution < -0.4 is 5.32 Å². The fraction of sp³-hybridized carbons (Fsp3) is 0.300. The first-order valence-corrected chi connectivity index (χ1v) is 11.0. The maximum absolute atomic E-state index is 12.3. The second-order valence-corrected chi connectivity index (χ2v) is 8.94. The van der Waals surface area contributed by atoms with Crippen LogP contribution in [-0.2, 0) is 9.84 Å². The number of hydrogen-bond acceptors (Lipinski definition) is 7. The van der Waals surface area contributed by atoms with Crippen LogP contribution in [-0.4, -0.2) is 65.2 Å². The van der Waals surface area contributed by atoms with Crippen molar-refractivity contribution in [1.29, 1.82) is 0 Å². The average molecular weight is 414 g/mol. The molecule has 3 rings (SSSR count). The van der Waals surface area contributed by atoms with Gasteiger partial charge < -0.3 is 10.2 Å². The van der Waals surface area contributed by atoms with Gasteiger partial charge in [-0.1, -0.05) is 24.3 Å². The first kappa shape index (κ1) is 20.8. The largest absolute Gasteiger partial charge is 0.351 e. The maximum Gasteiger partial charge on any atom is 0.251 e. The molecule has 1 heterocycles. The molecule has 29 heavy (non-hydrogen) atoms. The zero-order chi connectivity index (χ0) is 21.0. The Morgan fingerprint density at radius 2 is 1.86 bits per heavy atom. The number of azo groups is 1. The Hall–Kier alpha value is -2.91. The summed E-state index contributed by atoms with van der Waals surface area (Å²) in [4.78, 5) is 18.6. The van der Waals surface area contributed by atoms with Gasteiger partial charge in [-0.25, -0.2) is 13.4 Å². The molecule has 2 aromatic carbocycles. The summed E-state index contributed by atoms with van der Waals surface area (Å²) in [6, 6.07) is 12.1. The number of amidine groups is 1. The molecule has 9 heteroatoms. The number of nitrogens with zero attached hydrogens (tertiary/aromatic N) is 4. The van der Waals surface area contributed by atoms with Gasteiger partial charge in [0.1, 0.15) is 0 Å². The van der Waals surface area contributed by atoms with E-state index >= 15 is 0 Å². The molecule has 0 aromatic heterocycles. The van der Waals surface area contributed by atoms with Crippen molar-refractivity contribution >= 4 is 21.6 Å². The molecule has 0 spiro atoms. The SMILES string of the molecule is CN(C)CCNC(=O)c1ccc(-c2cccc(S(C)(=O)=O)c2C2=NCN=N2)cc1. The number of likely N-dealkylation sites (N-methyl/N-ethyl adjacent to an activating group) is 1. The van der Waals surface area contributed by atoms with Crippen molar-refractivity contribution in [1.82, 2.24) is 10.2 Å². The molecule has 0 bridgehead atoms. The van der Waals surface area contributed by atoms with Gasteiger partial charge in [0.25, 0.3) is 5.91 Å². The second-order valence-electron chi connectivity index (χ2n) is 6.95. The molecule has 0 radical (unpaired) electrons. The summed E-state index contributed by atoms with van der Waals surface area (Å²) in [6.07, 6.45) is 1.16. The smallest absolute Gasteiger partial charge is 0.251 e. The molecule has 1 aliphatic rings. The number of amides is 1. The number of carbonyl (C=O) groups is 1. The first-order chi connectivity index (χ1) is 13.8. The van der Waals surface area contributed by atoms with E-state index in [9.17, 15) is 13.2 Å². The molecule has 0 aliphatic carbocycles. The van der Waals surface area contributed by atoms with Crippen molar-refractivity contribution in [2.75, 3.05) is 40.1 Å². The van der Waals surface area contributed by atoms with Crippen LogP contribution in [0, 0.1) is 0 Å². The van der Waals surface area contributed by atoms with Gasteiger partial charge in [0, 0.05) is 30.5 Å². The van der Waals surface area contributed by atoms with Crippen LogP contribution in [0.4, 0.5) is 0 Å². The van der Waals surface area contributed by atoms with E-state index in [1.165, 1.54) is 6.07 Å². The number of carbonyl (C=O) groups excluding carboxylic acids is 1. The van der Waals surface area contributed by atoms with E-state index in [0.29, 0.717) is 29.1 Å². The molecule has 152 valence electrons. The van der Waals surface area contributed by atoms with Crippen LogP contribution in [0.15, 0.2) is 62.6 Å². The average Bonchev–Trinajstić information content (AvgIpc) is 3.21. The lowest BCUT2D eigenvalue weighted by atomic mass is 9.98. The van der Waals surface area contributed by atoms with E-state index in [1.807, 2.05) is 25.1 Å². The van der Waals surface area contributed by atoms with E-state index < -0.39 is 9.84 Å². The maximum atomic E-state index is 12.3. The van der Waals surface area contributed by atoms with Gasteiger partial charge in [0.05, 0.1) is 4.90 Å². The van der Waals surface area contributed by atoms with Gasteiger partial charge in [-0.3, -0.25) is 4.79 Å². The molecule has 0 atom stereocenters. The van der Waals surface area contributed by atoms with Gasteiger partial charge >= 0.3 is 0 Å². The van der Waals surface area contributed by atoms with Crippen LogP contribution in [0.2, 0.25) is 0 Å². The Balaban J connectivity index is 1.95. The van der Waals surface area contributed by atoms with Crippen molar-refractivity contribution < 1.29 is 13.2 Å². The third-order valence-electron chi connectivity index (χ3n) is 4.40. The van der Waals surface area contributed by atoms with Crippen LogP contribution in [0.5, 0.6) is 0 Å². The summed E-state index contributed by atoms with van der Waals surface area (Å²) in [5, 5.41) is 10.7. The van der Waals surface area contributed by atoms with Gasteiger partial charge in [0.2, 0.25) is 0 Å². The lowest BCUT2D eigenvalue weighted by Gasteiger charge is -2.13. The van der Waals surface area contributed by atoms with Crippen LogP contribution in [0.3, 0.4) is 0 Å². The summed E-state index contributed by atoms with van der Waals surface area (Å²) in [5.74, 6) is 0.143. The minimum absolute atomic E-state index is 0.153. The second kappa shape index (κ2) is 8.62. The van der Waals surface area contributed by atoms with Gasteiger partial charge in [-0.15, -0.1) is 5.11 Å². The zero-order valence-electron chi connectivity index (χ0n) is 16.6. The van der Waals surface area contributed by atoms with Gasteiger partial charge in [-0.05, 0) is 43.4 Å². The van der Waals surface area contributed by atoms with E-state index in [2.05, 4.69) is 20.5 Å². The van der Waals surface area contributed by atoms with Crippen molar-refractivity contribution in [2.24, 2.45) is 15.2 Å². The van der Waals surface area contributed by atoms with Crippen molar-refractivity contribution in [3.8, 4) is 11.1 Å². The van der Waals surface area contributed by atoms with Crippen molar-refractivity contribution in [3.05, 3.63) is 53.6 Å². The predicted molar refractivity (Wildman–Crippen MR) is 112 cm³/mol. The molecule has 0 saturated heterocycles. The lowest BCUT2D eigenvalue weighted by molar-refractivity contribution is 0.0951. The predicted octanol–water partition coefficient (Wildman–Crippen LogP) is 2.22. The summed E-state index contributed by atoms with van der Waals surface area (Å²) in [6.45, 7) is 1.49. The topological polar surface area (TPSA) is 104 Å². The standard InChI is InChI=1S/C20H23N5O3S/c1-25(2)12-11-21-20(26)15-9-7-14(8-10-15)16-5-4-6-17(29(3,27)28)18(16)19-22-13-23-24-19/h4-10H,11-13H2,1-3H3,(H,21,26). The van der Waals surface area contributed by atoms with Crippen LogP contribution >= 0.6 is 0 Å². The Bertz CT molecular complexity index is 1070. The fourth-order valence-electron chi connectivity index (χ4n) is 2.97. The minimum Gasteiger partial charge on any atom is -0.351 e. The number of sulfone groups is 1. The molecular weight excluding hydrogens is 390 g/mol. The number of aliphatic imine (C=N–C) groups is 1. The van der Waals surface area contributed by atoms with Crippen molar-refractivity contribution in [3.63, 3.8) is 0 Å². The highest BCUT2D eigenvalue weighted by molar-refractivity contribution is 7.90. The number of rotatable bonds is 7. The molecule has 1 aliphatic heterocycles. The number of benzene rings is 2. The highest BCUT2D eigenvalue weighted by Crippen LogP contribution is 2.31. The van der Waals surface area contributed by atoms with E-state index in [1.54, 1.807) is 30.3 Å². The molecule has 2 aromatic rings. The highest BCUT2D eigenvalue weighted by Gasteiger charge is 2.23. The van der Waals surface area contributed by atoms with Crippen LogP contribution in [0.25, 0.3) is 11.1 Å². The molecule has 1 N–H and O–H groups in total. The Morgan fingerprint density at radius 3 is 2.45 bits per heavy atom. The summed E-state index contributed by atoms with van der Waals surface area (Å²) in [7, 11) is 0.393. The highest BCUT2D eigenvalue weighted by atomic mass is 32.2. The van der Waals surface area contributed by atoms with E-state index in [-0.39, 0.29) is 17.5 Å². The van der Waals surface area contributed by atoms with E-state index in [4.69, 9.17) is 0 Å². The summed E-state index contributed by atoms with van der Waals surface area (Å²) >= 11 is 0. The van der Waals surface area contributed by atoms with E-state index in [0.717, 1.165) is 18.4 Å². The number of hydrogen-bond donors (Lipinski definition) is 1. The molecular formula is C20H23N5O3S. The Kier molecular flexibility index (Phi) is 6.19.